The van der Waals surface area contributed by atoms with Crippen LogP contribution in [0.5, 0.6) is 0 Å². The first kappa shape index (κ1) is 14.4. The standard InChI is InChI=1S/C18H21N5S/c1-22-9-13(8-21-22)7-12-5-6-23(10-12)17-16-14-3-2-4-15(14)24-18(16)20-11-19-17/h8-9,11-12H,2-7,10H2,1H3/t12-/m1/s1. The summed E-state index contributed by atoms with van der Waals surface area (Å²) in [5.41, 5.74) is 2.87. The number of aromatic nitrogens is 4. The van der Waals surface area contributed by atoms with Crippen molar-refractivity contribution in [3.63, 3.8) is 0 Å². The number of fused-ring (bicyclic) bond motifs is 3. The fourth-order valence-electron chi connectivity index (χ4n) is 4.25. The molecular formula is C18H21N5S. The molecule has 0 saturated carbocycles. The topological polar surface area (TPSA) is 46.8 Å². The van der Waals surface area contributed by atoms with E-state index >= 15 is 0 Å². The maximum atomic E-state index is 4.69. The predicted octanol–water partition coefficient (Wildman–Crippen LogP) is 2.98. The van der Waals surface area contributed by atoms with Gasteiger partial charge in [0, 0.05) is 31.2 Å². The van der Waals surface area contributed by atoms with Gasteiger partial charge in [-0.05, 0) is 49.1 Å². The van der Waals surface area contributed by atoms with E-state index in [1.54, 1.807) is 6.33 Å². The summed E-state index contributed by atoms with van der Waals surface area (Å²) < 4.78 is 1.89. The van der Waals surface area contributed by atoms with E-state index in [0.717, 1.165) is 19.5 Å². The molecule has 4 heterocycles. The predicted molar refractivity (Wildman–Crippen MR) is 96.7 cm³/mol. The van der Waals surface area contributed by atoms with Crippen LogP contribution in [0.15, 0.2) is 18.7 Å². The third-order valence-corrected chi connectivity index (χ3v) is 6.55. The van der Waals surface area contributed by atoms with Gasteiger partial charge in [0.15, 0.2) is 0 Å². The van der Waals surface area contributed by atoms with Gasteiger partial charge in [-0.25, -0.2) is 9.97 Å². The summed E-state index contributed by atoms with van der Waals surface area (Å²) in [6.07, 6.45) is 11.9. The van der Waals surface area contributed by atoms with Crippen LogP contribution in [0.2, 0.25) is 0 Å². The molecule has 0 radical (unpaired) electrons. The van der Waals surface area contributed by atoms with Crippen molar-refractivity contribution < 1.29 is 0 Å². The number of hydrogen-bond acceptors (Lipinski definition) is 5. The zero-order valence-electron chi connectivity index (χ0n) is 13.9. The normalized spacial score (nSPS) is 20.2. The zero-order valence-corrected chi connectivity index (χ0v) is 14.7. The molecule has 1 saturated heterocycles. The molecule has 0 aromatic carbocycles. The quantitative estimate of drug-likeness (QED) is 0.736. The Bertz CT molecular complexity index is 896. The summed E-state index contributed by atoms with van der Waals surface area (Å²) in [4.78, 5) is 14.4. The largest absolute Gasteiger partial charge is 0.356 e. The molecule has 24 heavy (non-hydrogen) atoms. The van der Waals surface area contributed by atoms with Gasteiger partial charge in [0.1, 0.15) is 17.0 Å². The minimum Gasteiger partial charge on any atom is -0.356 e. The fraction of sp³-hybridized carbons (Fsp3) is 0.500. The highest BCUT2D eigenvalue weighted by molar-refractivity contribution is 7.19. The van der Waals surface area contributed by atoms with Crippen LogP contribution in [0.4, 0.5) is 5.82 Å². The molecule has 1 aliphatic carbocycles. The van der Waals surface area contributed by atoms with Crippen molar-refractivity contribution in [2.45, 2.75) is 32.1 Å². The molecular weight excluding hydrogens is 318 g/mol. The summed E-state index contributed by atoms with van der Waals surface area (Å²) in [6, 6.07) is 0. The van der Waals surface area contributed by atoms with Gasteiger partial charge in [-0.1, -0.05) is 0 Å². The lowest BCUT2D eigenvalue weighted by atomic mass is 10.0. The number of rotatable bonds is 3. The Morgan fingerprint density at radius 2 is 2.25 bits per heavy atom. The van der Waals surface area contributed by atoms with Gasteiger partial charge < -0.3 is 4.90 Å². The van der Waals surface area contributed by atoms with E-state index in [0.29, 0.717) is 5.92 Å². The van der Waals surface area contributed by atoms with Crippen LogP contribution >= 0.6 is 11.3 Å². The Kier molecular flexibility index (Phi) is 3.33. The average molecular weight is 339 g/mol. The molecule has 124 valence electrons. The van der Waals surface area contributed by atoms with Crippen LogP contribution < -0.4 is 4.90 Å². The summed E-state index contributed by atoms with van der Waals surface area (Å²) in [5.74, 6) is 1.86. The van der Waals surface area contributed by atoms with Crippen LogP contribution in [-0.2, 0) is 26.3 Å². The van der Waals surface area contributed by atoms with Crippen LogP contribution in [0.3, 0.4) is 0 Å². The highest BCUT2D eigenvalue weighted by atomic mass is 32.1. The summed E-state index contributed by atoms with van der Waals surface area (Å²) in [6.45, 7) is 2.19. The maximum absolute atomic E-state index is 4.69. The summed E-state index contributed by atoms with van der Waals surface area (Å²) >= 11 is 1.88. The van der Waals surface area contributed by atoms with Gasteiger partial charge in [-0.3, -0.25) is 4.68 Å². The molecule has 1 fully saturated rings. The second-order valence-corrected chi connectivity index (χ2v) is 8.15. The average Bonchev–Trinajstić information content (AvgIpc) is 3.31. The highest BCUT2D eigenvalue weighted by Gasteiger charge is 2.28. The van der Waals surface area contributed by atoms with Gasteiger partial charge in [0.2, 0.25) is 0 Å². The number of anilines is 1. The molecule has 0 unspecified atom stereocenters. The van der Waals surface area contributed by atoms with Crippen LogP contribution in [0.1, 0.15) is 28.8 Å². The van der Waals surface area contributed by atoms with E-state index in [4.69, 9.17) is 0 Å². The lowest BCUT2D eigenvalue weighted by Gasteiger charge is -2.18. The molecule has 6 heteroatoms. The molecule has 1 atom stereocenters. The molecule has 1 aliphatic heterocycles. The van der Waals surface area contributed by atoms with Crippen molar-refractivity contribution in [2.75, 3.05) is 18.0 Å². The number of thiophene rings is 1. The van der Waals surface area contributed by atoms with E-state index in [1.807, 2.05) is 29.3 Å². The van der Waals surface area contributed by atoms with Crippen LogP contribution in [0.25, 0.3) is 10.2 Å². The molecule has 0 spiro atoms. The van der Waals surface area contributed by atoms with E-state index in [-0.39, 0.29) is 0 Å². The van der Waals surface area contributed by atoms with Gasteiger partial charge in [0.25, 0.3) is 0 Å². The van der Waals surface area contributed by atoms with Gasteiger partial charge in [-0.2, -0.15) is 5.10 Å². The first-order valence-electron chi connectivity index (χ1n) is 8.75. The molecule has 0 bridgehead atoms. The van der Waals surface area contributed by atoms with Crippen LogP contribution in [-0.4, -0.2) is 32.8 Å². The Morgan fingerprint density at radius 1 is 1.29 bits per heavy atom. The minimum atomic E-state index is 0.686. The van der Waals surface area contributed by atoms with Crippen molar-refractivity contribution in [1.29, 1.82) is 0 Å². The minimum absolute atomic E-state index is 0.686. The van der Waals surface area contributed by atoms with Crippen molar-refractivity contribution in [3.05, 3.63) is 34.7 Å². The van der Waals surface area contributed by atoms with E-state index in [2.05, 4.69) is 26.2 Å². The second-order valence-electron chi connectivity index (χ2n) is 7.06. The molecule has 2 aliphatic rings. The molecule has 0 amide bonds. The van der Waals surface area contributed by atoms with E-state index < -0.39 is 0 Å². The smallest absolute Gasteiger partial charge is 0.141 e. The molecule has 5 rings (SSSR count). The third kappa shape index (κ3) is 2.32. The van der Waals surface area contributed by atoms with Crippen molar-refractivity contribution in [2.24, 2.45) is 13.0 Å². The zero-order chi connectivity index (χ0) is 16.1. The lowest BCUT2D eigenvalue weighted by molar-refractivity contribution is 0.586. The first-order valence-corrected chi connectivity index (χ1v) is 9.57. The molecule has 0 N–H and O–H groups in total. The SMILES string of the molecule is Cn1cc(C[C@H]2CCN(c3ncnc4sc5c(c34)CCC5)C2)cn1. The number of hydrogen-bond donors (Lipinski definition) is 0. The Labute approximate surface area is 145 Å². The van der Waals surface area contributed by atoms with Crippen molar-refractivity contribution in [3.8, 4) is 0 Å². The summed E-state index contributed by atoms with van der Waals surface area (Å²) in [5, 5.41) is 5.64. The number of nitrogens with zero attached hydrogens (tertiary/aromatic N) is 5. The van der Waals surface area contributed by atoms with Gasteiger partial charge in [0.05, 0.1) is 11.6 Å². The highest BCUT2D eigenvalue weighted by Crippen LogP contribution is 2.41. The monoisotopic (exact) mass is 339 g/mol. The first-order chi connectivity index (χ1) is 11.8. The second kappa shape index (κ2) is 5.55. The third-order valence-electron chi connectivity index (χ3n) is 5.35. The maximum Gasteiger partial charge on any atom is 0.141 e. The van der Waals surface area contributed by atoms with E-state index in [1.165, 1.54) is 57.7 Å². The molecule has 3 aromatic rings. The van der Waals surface area contributed by atoms with Crippen molar-refractivity contribution >= 4 is 27.4 Å². The van der Waals surface area contributed by atoms with Gasteiger partial charge in [-0.15, -0.1) is 11.3 Å². The molecule has 3 aromatic heterocycles. The van der Waals surface area contributed by atoms with Gasteiger partial charge >= 0.3 is 0 Å². The summed E-state index contributed by atoms with van der Waals surface area (Å²) in [7, 11) is 1.99. The molecule has 5 nitrogen and oxygen atoms in total. The Balaban J connectivity index is 1.42. The van der Waals surface area contributed by atoms with E-state index in [9.17, 15) is 0 Å². The van der Waals surface area contributed by atoms with Crippen LogP contribution in [0, 0.1) is 5.92 Å². The Hall–Kier alpha value is -1.95. The number of aryl methyl sites for hydroxylation is 3. The fourth-order valence-corrected chi connectivity index (χ4v) is 5.48. The Morgan fingerprint density at radius 3 is 3.12 bits per heavy atom. The lowest BCUT2D eigenvalue weighted by Crippen LogP contribution is -2.21. The van der Waals surface area contributed by atoms with Crippen molar-refractivity contribution in [1.82, 2.24) is 19.7 Å².